The van der Waals surface area contributed by atoms with Gasteiger partial charge in [0.1, 0.15) is 10.7 Å². The summed E-state index contributed by atoms with van der Waals surface area (Å²) in [6.45, 7) is 0.655. The van der Waals surface area contributed by atoms with Gasteiger partial charge in [-0.2, -0.15) is 0 Å². The number of hydrogen-bond donors (Lipinski definition) is 3. The first-order valence-corrected chi connectivity index (χ1v) is 7.23. The Labute approximate surface area is 125 Å². The summed E-state index contributed by atoms with van der Waals surface area (Å²) in [4.78, 5) is 27.0. The van der Waals surface area contributed by atoms with Gasteiger partial charge in [0.25, 0.3) is 5.91 Å². The van der Waals surface area contributed by atoms with E-state index in [-0.39, 0.29) is 11.5 Å². The Balaban J connectivity index is 1.92. The first-order chi connectivity index (χ1) is 10.1. The summed E-state index contributed by atoms with van der Waals surface area (Å²) in [6.07, 6.45) is 0.447. The molecule has 0 aliphatic carbocycles. The number of hydrogen-bond acceptors (Lipinski definition) is 5. The smallest absolute Gasteiger partial charge is 0.335 e. The molecule has 0 saturated carbocycles. The van der Waals surface area contributed by atoms with Gasteiger partial charge >= 0.3 is 5.97 Å². The summed E-state index contributed by atoms with van der Waals surface area (Å²) in [6, 6.07) is 6.74. The molecule has 0 radical (unpaired) electrons. The van der Waals surface area contributed by atoms with E-state index in [1.807, 2.05) is 0 Å². The molecule has 4 N–H and O–H groups in total. The van der Waals surface area contributed by atoms with Crippen LogP contribution < -0.4 is 11.1 Å². The zero-order valence-corrected chi connectivity index (χ0v) is 12.0. The average Bonchev–Trinajstić information content (AvgIpc) is 2.96. The van der Waals surface area contributed by atoms with Crippen molar-refractivity contribution in [2.24, 2.45) is 5.73 Å². The van der Waals surface area contributed by atoms with E-state index in [1.165, 1.54) is 11.3 Å². The Morgan fingerprint density at radius 2 is 2.10 bits per heavy atom. The Kier molecular flexibility index (Phi) is 5.02. The lowest BCUT2D eigenvalue weighted by Gasteiger charge is -2.06. The first-order valence-electron chi connectivity index (χ1n) is 6.35. The maximum absolute atomic E-state index is 11.9. The number of carbonyl (C=O) groups excluding carboxylic acids is 1. The summed E-state index contributed by atoms with van der Waals surface area (Å²) >= 11 is 1.34. The second kappa shape index (κ2) is 6.96. The van der Waals surface area contributed by atoms with Crippen molar-refractivity contribution in [1.82, 2.24) is 10.3 Å². The van der Waals surface area contributed by atoms with Crippen molar-refractivity contribution >= 4 is 23.2 Å². The van der Waals surface area contributed by atoms with E-state index < -0.39 is 5.97 Å². The molecule has 0 saturated heterocycles. The van der Waals surface area contributed by atoms with Crippen LogP contribution in [0.25, 0.3) is 0 Å². The number of benzene rings is 1. The van der Waals surface area contributed by atoms with Crippen LogP contribution in [-0.2, 0) is 13.0 Å². The van der Waals surface area contributed by atoms with E-state index in [0.29, 0.717) is 35.8 Å². The molecule has 2 aromatic rings. The number of rotatable bonds is 6. The molecule has 0 aliphatic heterocycles. The van der Waals surface area contributed by atoms with Crippen LogP contribution in [0.1, 0.15) is 31.4 Å². The van der Waals surface area contributed by atoms with Gasteiger partial charge in [-0.25, -0.2) is 9.78 Å². The highest BCUT2D eigenvalue weighted by Crippen LogP contribution is 2.10. The molecule has 2 rings (SSSR count). The molecule has 0 spiro atoms. The first kappa shape index (κ1) is 15.1. The van der Waals surface area contributed by atoms with Crippen molar-refractivity contribution in [2.45, 2.75) is 13.0 Å². The maximum atomic E-state index is 11.9. The number of amides is 1. The molecule has 1 aromatic heterocycles. The third-order valence-electron chi connectivity index (χ3n) is 2.89. The molecule has 7 heteroatoms. The van der Waals surface area contributed by atoms with Crippen LogP contribution in [0.5, 0.6) is 0 Å². The third-order valence-corrected chi connectivity index (χ3v) is 3.76. The molecule has 0 atom stereocenters. The SMILES string of the molecule is NCc1nc(C(=O)NCCc2ccccc2C(=O)O)cs1. The van der Waals surface area contributed by atoms with E-state index in [1.54, 1.807) is 29.6 Å². The average molecular weight is 305 g/mol. The summed E-state index contributed by atoms with van der Waals surface area (Å²) in [5, 5.41) is 14.2. The Hall–Kier alpha value is -2.25. The number of aromatic nitrogens is 1. The molecule has 6 nitrogen and oxygen atoms in total. The predicted octanol–water partition coefficient (Wildman–Crippen LogP) is 1.27. The Morgan fingerprint density at radius 3 is 2.76 bits per heavy atom. The van der Waals surface area contributed by atoms with Crippen LogP contribution in [0, 0.1) is 0 Å². The Bertz CT molecular complexity index is 654. The van der Waals surface area contributed by atoms with Crippen LogP contribution in [0.3, 0.4) is 0 Å². The second-order valence-electron chi connectivity index (χ2n) is 4.30. The van der Waals surface area contributed by atoms with Crippen LogP contribution in [-0.4, -0.2) is 28.5 Å². The van der Waals surface area contributed by atoms with Gasteiger partial charge in [-0.05, 0) is 18.1 Å². The lowest BCUT2D eigenvalue weighted by Crippen LogP contribution is -2.26. The predicted molar refractivity (Wildman–Crippen MR) is 79.4 cm³/mol. The fourth-order valence-corrected chi connectivity index (χ4v) is 2.51. The van der Waals surface area contributed by atoms with Crippen molar-refractivity contribution in [2.75, 3.05) is 6.54 Å². The number of carboxylic acid groups (broad SMARTS) is 1. The van der Waals surface area contributed by atoms with Gasteiger partial charge in [-0.15, -0.1) is 11.3 Å². The number of carboxylic acids is 1. The fraction of sp³-hybridized carbons (Fsp3) is 0.214. The molecular weight excluding hydrogens is 290 g/mol. The number of nitrogens with zero attached hydrogens (tertiary/aromatic N) is 1. The normalized spacial score (nSPS) is 10.3. The van der Waals surface area contributed by atoms with E-state index in [4.69, 9.17) is 10.8 Å². The van der Waals surface area contributed by atoms with Crippen LogP contribution in [0.15, 0.2) is 29.6 Å². The lowest BCUT2D eigenvalue weighted by molar-refractivity contribution is 0.0695. The highest BCUT2D eigenvalue weighted by Gasteiger charge is 2.11. The molecule has 1 aromatic carbocycles. The molecule has 21 heavy (non-hydrogen) atoms. The van der Waals surface area contributed by atoms with Gasteiger partial charge in [-0.1, -0.05) is 18.2 Å². The number of nitrogens with two attached hydrogens (primary N) is 1. The molecule has 0 fully saturated rings. The van der Waals surface area contributed by atoms with Gasteiger partial charge < -0.3 is 16.2 Å². The van der Waals surface area contributed by atoms with Gasteiger partial charge in [0, 0.05) is 18.5 Å². The van der Waals surface area contributed by atoms with Crippen molar-refractivity contribution in [3.05, 3.63) is 51.5 Å². The van der Waals surface area contributed by atoms with E-state index >= 15 is 0 Å². The zero-order chi connectivity index (χ0) is 15.2. The summed E-state index contributed by atoms with van der Waals surface area (Å²) in [7, 11) is 0. The molecule has 1 heterocycles. The van der Waals surface area contributed by atoms with Crippen molar-refractivity contribution < 1.29 is 14.7 Å². The summed E-state index contributed by atoms with van der Waals surface area (Å²) in [5.41, 5.74) is 6.73. The van der Waals surface area contributed by atoms with Crippen LogP contribution in [0.4, 0.5) is 0 Å². The highest BCUT2D eigenvalue weighted by atomic mass is 32.1. The highest BCUT2D eigenvalue weighted by molar-refractivity contribution is 7.09. The van der Waals surface area contributed by atoms with Crippen LogP contribution in [0.2, 0.25) is 0 Å². The van der Waals surface area contributed by atoms with Crippen LogP contribution >= 0.6 is 11.3 Å². The second-order valence-corrected chi connectivity index (χ2v) is 5.24. The number of carbonyl (C=O) groups is 2. The molecule has 1 amide bonds. The van der Waals surface area contributed by atoms with Gasteiger partial charge in [0.05, 0.1) is 5.56 Å². The molecule has 0 aliphatic rings. The minimum absolute atomic E-state index is 0.255. The van der Waals surface area contributed by atoms with E-state index in [9.17, 15) is 9.59 Å². The quantitative estimate of drug-likeness (QED) is 0.745. The molecular formula is C14H15N3O3S. The number of nitrogens with one attached hydrogen (secondary N) is 1. The number of thiazole rings is 1. The molecule has 0 unspecified atom stereocenters. The minimum Gasteiger partial charge on any atom is -0.478 e. The fourth-order valence-electron chi connectivity index (χ4n) is 1.86. The largest absolute Gasteiger partial charge is 0.478 e. The zero-order valence-electron chi connectivity index (χ0n) is 11.2. The molecule has 110 valence electrons. The minimum atomic E-state index is -0.969. The van der Waals surface area contributed by atoms with Gasteiger partial charge in [0.2, 0.25) is 0 Å². The lowest BCUT2D eigenvalue weighted by atomic mass is 10.0. The topological polar surface area (TPSA) is 105 Å². The van der Waals surface area contributed by atoms with Gasteiger partial charge in [-0.3, -0.25) is 4.79 Å². The third kappa shape index (κ3) is 3.87. The van der Waals surface area contributed by atoms with Gasteiger partial charge in [0.15, 0.2) is 0 Å². The number of aromatic carboxylic acids is 1. The maximum Gasteiger partial charge on any atom is 0.335 e. The van der Waals surface area contributed by atoms with Crippen molar-refractivity contribution in [1.29, 1.82) is 0 Å². The summed E-state index contributed by atoms with van der Waals surface area (Å²) in [5.74, 6) is -1.25. The monoisotopic (exact) mass is 305 g/mol. The molecule has 0 bridgehead atoms. The van der Waals surface area contributed by atoms with E-state index in [0.717, 1.165) is 0 Å². The van der Waals surface area contributed by atoms with Crippen molar-refractivity contribution in [3.63, 3.8) is 0 Å². The van der Waals surface area contributed by atoms with E-state index in [2.05, 4.69) is 10.3 Å². The summed E-state index contributed by atoms with van der Waals surface area (Å²) < 4.78 is 0. The Morgan fingerprint density at radius 1 is 1.33 bits per heavy atom. The standard InChI is InChI=1S/C14H15N3O3S/c15-7-12-17-11(8-21-12)13(18)16-6-5-9-3-1-2-4-10(9)14(19)20/h1-4,8H,5-7,15H2,(H,16,18)(H,19,20). The van der Waals surface area contributed by atoms with Crippen molar-refractivity contribution in [3.8, 4) is 0 Å².